The standard InChI is InChI=1S/C21H25N3O3/c1-16(22)20(25)23-11-13-24(14-12-23)21(26)18-7-9-19(10-8-18)27-15-17-5-3-2-4-6-17/h2-10,16H,11-15,22H2,1H3/t16-/m0/s1. The molecule has 0 radical (unpaired) electrons. The number of rotatable bonds is 5. The lowest BCUT2D eigenvalue weighted by Crippen LogP contribution is -2.53. The highest BCUT2D eigenvalue weighted by Crippen LogP contribution is 2.16. The predicted molar refractivity (Wildman–Crippen MR) is 103 cm³/mol. The average molecular weight is 367 g/mol. The average Bonchev–Trinajstić information content (AvgIpc) is 2.72. The van der Waals surface area contributed by atoms with Gasteiger partial charge in [0.15, 0.2) is 0 Å². The molecule has 3 rings (SSSR count). The number of hydrogen-bond donors (Lipinski definition) is 1. The van der Waals surface area contributed by atoms with Crippen LogP contribution in [-0.2, 0) is 11.4 Å². The molecule has 142 valence electrons. The van der Waals surface area contributed by atoms with E-state index in [9.17, 15) is 9.59 Å². The highest BCUT2D eigenvalue weighted by atomic mass is 16.5. The minimum atomic E-state index is -0.504. The Morgan fingerprint density at radius 3 is 2.15 bits per heavy atom. The largest absolute Gasteiger partial charge is 0.489 e. The lowest BCUT2D eigenvalue weighted by Gasteiger charge is -2.35. The van der Waals surface area contributed by atoms with Crippen molar-refractivity contribution in [2.24, 2.45) is 5.73 Å². The van der Waals surface area contributed by atoms with Gasteiger partial charge in [-0.2, -0.15) is 0 Å². The molecule has 6 heteroatoms. The van der Waals surface area contributed by atoms with Crippen LogP contribution in [0.3, 0.4) is 0 Å². The van der Waals surface area contributed by atoms with Crippen LogP contribution in [0.4, 0.5) is 0 Å². The van der Waals surface area contributed by atoms with Crippen molar-refractivity contribution in [2.75, 3.05) is 26.2 Å². The molecular formula is C21H25N3O3. The summed E-state index contributed by atoms with van der Waals surface area (Å²) in [5.74, 6) is 0.627. The maximum absolute atomic E-state index is 12.7. The summed E-state index contributed by atoms with van der Waals surface area (Å²) in [4.78, 5) is 28.1. The molecule has 0 aromatic heterocycles. The number of nitrogens with two attached hydrogens (primary N) is 1. The van der Waals surface area contributed by atoms with Gasteiger partial charge in [-0.05, 0) is 36.8 Å². The van der Waals surface area contributed by atoms with Crippen LogP contribution < -0.4 is 10.5 Å². The smallest absolute Gasteiger partial charge is 0.253 e. The van der Waals surface area contributed by atoms with Gasteiger partial charge in [0, 0.05) is 31.7 Å². The van der Waals surface area contributed by atoms with Gasteiger partial charge in [-0.3, -0.25) is 9.59 Å². The maximum Gasteiger partial charge on any atom is 0.253 e. The monoisotopic (exact) mass is 367 g/mol. The quantitative estimate of drug-likeness (QED) is 0.876. The van der Waals surface area contributed by atoms with Crippen LogP contribution in [0.5, 0.6) is 5.75 Å². The van der Waals surface area contributed by atoms with Gasteiger partial charge in [-0.1, -0.05) is 30.3 Å². The molecule has 0 aliphatic carbocycles. The fourth-order valence-corrected chi connectivity index (χ4v) is 3.04. The lowest BCUT2D eigenvalue weighted by molar-refractivity contribution is -0.133. The van der Waals surface area contributed by atoms with Gasteiger partial charge in [0.05, 0.1) is 6.04 Å². The Bertz CT molecular complexity index is 767. The summed E-state index contributed by atoms with van der Waals surface area (Å²) in [5.41, 5.74) is 7.36. The van der Waals surface area contributed by atoms with Crippen LogP contribution in [0.2, 0.25) is 0 Å². The third kappa shape index (κ3) is 4.86. The molecule has 1 aliphatic rings. The Morgan fingerprint density at radius 2 is 1.56 bits per heavy atom. The van der Waals surface area contributed by atoms with Crippen molar-refractivity contribution in [1.29, 1.82) is 0 Å². The zero-order chi connectivity index (χ0) is 19.2. The van der Waals surface area contributed by atoms with Crippen LogP contribution in [-0.4, -0.2) is 53.8 Å². The molecule has 2 aromatic carbocycles. The minimum absolute atomic E-state index is 0.0301. The number of hydrogen-bond acceptors (Lipinski definition) is 4. The van der Waals surface area contributed by atoms with Crippen molar-refractivity contribution in [1.82, 2.24) is 9.80 Å². The van der Waals surface area contributed by atoms with E-state index in [1.54, 1.807) is 28.9 Å². The van der Waals surface area contributed by atoms with Crippen LogP contribution in [0, 0.1) is 0 Å². The van der Waals surface area contributed by atoms with Crippen molar-refractivity contribution >= 4 is 11.8 Å². The van der Waals surface area contributed by atoms with Crippen LogP contribution >= 0.6 is 0 Å². The first-order valence-corrected chi connectivity index (χ1v) is 9.15. The molecule has 2 N–H and O–H groups in total. The molecule has 0 bridgehead atoms. The summed E-state index contributed by atoms with van der Waals surface area (Å²) in [5, 5.41) is 0. The molecule has 1 fully saturated rings. The van der Waals surface area contributed by atoms with Gasteiger partial charge in [0.25, 0.3) is 5.91 Å². The number of carbonyl (C=O) groups excluding carboxylic acids is 2. The van der Waals surface area contributed by atoms with E-state index in [4.69, 9.17) is 10.5 Å². The number of amides is 2. The molecule has 1 heterocycles. The van der Waals surface area contributed by atoms with Gasteiger partial charge < -0.3 is 20.3 Å². The van der Waals surface area contributed by atoms with Gasteiger partial charge in [0.2, 0.25) is 5.91 Å². The zero-order valence-corrected chi connectivity index (χ0v) is 15.5. The summed E-state index contributed by atoms with van der Waals surface area (Å²) in [6.07, 6.45) is 0. The fourth-order valence-electron chi connectivity index (χ4n) is 3.04. The Morgan fingerprint density at radius 1 is 0.963 bits per heavy atom. The third-order valence-corrected chi connectivity index (χ3v) is 4.62. The molecule has 0 unspecified atom stereocenters. The first kappa shape index (κ1) is 18.9. The molecule has 6 nitrogen and oxygen atoms in total. The van der Waals surface area contributed by atoms with Crippen molar-refractivity contribution in [2.45, 2.75) is 19.6 Å². The molecule has 1 saturated heterocycles. The molecule has 1 aliphatic heterocycles. The van der Waals surface area contributed by atoms with Gasteiger partial charge in [-0.15, -0.1) is 0 Å². The van der Waals surface area contributed by atoms with Crippen molar-refractivity contribution in [3.63, 3.8) is 0 Å². The van der Waals surface area contributed by atoms with E-state index in [0.29, 0.717) is 38.3 Å². The first-order valence-electron chi connectivity index (χ1n) is 9.15. The molecule has 0 saturated carbocycles. The zero-order valence-electron chi connectivity index (χ0n) is 15.5. The second kappa shape index (κ2) is 8.68. The normalized spacial score (nSPS) is 15.3. The van der Waals surface area contributed by atoms with Crippen molar-refractivity contribution < 1.29 is 14.3 Å². The SMILES string of the molecule is C[C@H](N)C(=O)N1CCN(C(=O)c2ccc(OCc3ccccc3)cc2)CC1. The molecule has 0 spiro atoms. The van der Waals surface area contributed by atoms with E-state index in [2.05, 4.69) is 0 Å². The fraction of sp³-hybridized carbons (Fsp3) is 0.333. The van der Waals surface area contributed by atoms with Gasteiger partial charge >= 0.3 is 0 Å². The van der Waals surface area contributed by atoms with Gasteiger partial charge in [0.1, 0.15) is 12.4 Å². The lowest BCUT2D eigenvalue weighted by atomic mass is 10.1. The Hall–Kier alpha value is -2.86. The topological polar surface area (TPSA) is 75.9 Å². The molecule has 27 heavy (non-hydrogen) atoms. The molecular weight excluding hydrogens is 342 g/mol. The van der Waals surface area contributed by atoms with Crippen LogP contribution in [0.15, 0.2) is 54.6 Å². The summed E-state index contributed by atoms with van der Waals surface area (Å²) in [6.45, 7) is 4.24. The molecule has 1 atom stereocenters. The Balaban J connectivity index is 1.53. The van der Waals surface area contributed by atoms with E-state index < -0.39 is 6.04 Å². The van der Waals surface area contributed by atoms with E-state index >= 15 is 0 Å². The van der Waals surface area contributed by atoms with E-state index in [1.165, 1.54) is 0 Å². The number of benzene rings is 2. The first-order chi connectivity index (χ1) is 13.0. The van der Waals surface area contributed by atoms with Crippen molar-refractivity contribution in [3.8, 4) is 5.75 Å². The van der Waals surface area contributed by atoms with E-state index in [-0.39, 0.29) is 11.8 Å². The number of nitrogens with zero attached hydrogens (tertiary/aromatic N) is 2. The highest BCUT2D eigenvalue weighted by molar-refractivity contribution is 5.94. The van der Waals surface area contributed by atoms with Gasteiger partial charge in [-0.25, -0.2) is 0 Å². The summed E-state index contributed by atoms with van der Waals surface area (Å²) < 4.78 is 5.75. The van der Waals surface area contributed by atoms with Crippen LogP contribution in [0.1, 0.15) is 22.8 Å². The Labute approximate surface area is 159 Å². The second-order valence-electron chi connectivity index (χ2n) is 6.70. The summed E-state index contributed by atoms with van der Waals surface area (Å²) in [7, 11) is 0. The van der Waals surface area contributed by atoms with E-state index in [1.807, 2.05) is 42.5 Å². The molecule has 2 aromatic rings. The van der Waals surface area contributed by atoms with E-state index in [0.717, 1.165) is 11.3 Å². The van der Waals surface area contributed by atoms with Crippen molar-refractivity contribution in [3.05, 3.63) is 65.7 Å². The Kier molecular flexibility index (Phi) is 6.08. The number of piperazine rings is 1. The number of carbonyl (C=O) groups is 2. The highest BCUT2D eigenvalue weighted by Gasteiger charge is 2.26. The molecule has 2 amide bonds. The van der Waals surface area contributed by atoms with Crippen LogP contribution in [0.25, 0.3) is 0 Å². The third-order valence-electron chi connectivity index (χ3n) is 4.62. The summed E-state index contributed by atoms with van der Waals surface area (Å²) >= 11 is 0. The minimum Gasteiger partial charge on any atom is -0.489 e. The maximum atomic E-state index is 12.7. The second-order valence-corrected chi connectivity index (χ2v) is 6.70. The predicted octanol–water partition coefficient (Wildman–Crippen LogP) is 1.90. The summed E-state index contributed by atoms with van der Waals surface area (Å²) in [6, 6.07) is 16.6. The number of ether oxygens (including phenoxy) is 1.